The molecule has 1 aliphatic heterocycles. The van der Waals surface area contributed by atoms with Crippen LogP contribution in [0.2, 0.25) is 0 Å². The second-order valence-electron chi connectivity index (χ2n) is 9.48. The van der Waals surface area contributed by atoms with Crippen LogP contribution in [-0.2, 0) is 7.05 Å². The van der Waals surface area contributed by atoms with Crippen LogP contribution in [0.5, 0.6) is 0 Å². The third-order valence-corrected chi connectivity index (χ3v) is 6.70. The first-order chi connectivity index (χ1) is 16.4. The summed E-state index contributed by atoms with van der Waals surface area (Å²) >= 11 is 0. The van der Waals surface area contributed by atoms with Crippen LogP contribution in [0.4, 0.5) is 0 Å². The van der Waals surface area contributed by atoms with E-state index in [4.69, 9.17) is 4.98 Å². The Bertz CT molecular complexity index is 1390. The maximum Gasteiger partial charge on any atom is 0.159 e. The highest BCUT2D eigenvalue weighted by molar-refractivity contribution is 5.94. The summed E-state index contributed by atoms with van der Waals surface area (Å²) in [7, 11) is 2.04. The molecule has 0 bridgehead atoms. The van der Waals surface area contributed by atoms with Gasteiger partial charge < -0.3 is 14.5 Å². The fourth-order valence-electron chi connectivity index (χ4n) is 4.66. The Kier molecular flexibility index (Phi) is 5.86. The molecule has 0 unspecified atom stereocenters. The number of aryl methyl sites for hydroxylation is 2. The Balaban J connectivity index is 1.58. The second-order valence-corrected chi connectivity index (χ2v) is 9.48. The number of piperidine rings is 1. The van der Waals surface area contributed by atoms with Gasteiger partial charge in [0.05, 0.1) is 23.1 Å². The fourth-order valence-corrected chi connectivity index (χ4v) is 4.66. The van der Waals surface area contributed by atoms with Gasteiger partial charge in [-0.1, -0.05) is 17.7 Å². The molecule has 4 aromatic rings. The van der Waals surface area contributed by atoms with Crippen LogP contribution >= 0.6 is 0 Å². The molecule has 2 N–H and O–H groups in total. The normalized spacial score (nSPS) is 14.7. The van der Waals surface area contributed by atoms with Crippen molar-refractivity contribution in [3.8, 4) is 22.8 Å². The number of likely N-dealkylation sites (tertiary alicyclic amines) is 1. The van der Waals surface area contributed by atoms with Crippen molar-refractivity contribution in [2.24, 2.45) is 7.05 Å². The molecule has 0 amide bonds. The number of imidazole rings is 2. The molecule has 0 radical (unpaired) electrons. The lowest BCUT2D eigenvalue weighted by atomic mass is 10.1. The van der Waals surface area contributed by atoms with E-state index in [-0.39, 0.29) is 0 Å². The van der Waals surface area contributed by atoms with Crippen LogP contribution < -0.4 is 0 Å². The second kappa shape index (κ2) is 8.97. The minimum Gasteiger partial charge on any atom is -0.370 e. The lowest BCUT2D eigenvalue weighted by Crippen LogP contribution is -2.28. The minimum absolute atomic E-state index is 0.789. The van der Waals surface area contributed by atoms with Crippen molar-refractivity contribution >= 4 is 16.6 Å². The molecule has 0 atom stereocenters. The summed E-state index contributed by atoms with van der Waals surface area (Å²) in [5.41, 5.74) is 8.55. The summed E-state index contributed by atoms with van der Waals surface area (Å²) in [4.78, 5) is 15.5. The number of aromatic amines is 2. The average Bonchev–Trinajstić information content (AvgIpc) is 3.51. The molecule has 0 aliphatic carbocycles. The van der Waals surface area contributed by atoms with Crippen molar-refractivity contribution in [2.45, 2.75) is 47.0 Å². The van der Waals surface area contributed by atoms with Gasteiger partial charge in [0, 0.05) is 36.8 Å². The van der Waals surface area contributed by atoms with E-state index in [2.05, 4.69) is 80.8 Å². The number of hydrogen-bond donors (Lipinski definition) is 2. The van der Waals surface area contributed by atoms with Gasteiger partial charge in [0.25, 0.3) is 0 Å². The number of hydrogen-bond acceptors (Lipinski definition) is 4. The zero-order valence-corrected chi connectivity index (χ0v) is 20.7. The molecule has 1 fully saturated rings. The topological polar surface area (TPSA) is 78.4 Å². The molecule has 1 aromatic carbocycles. The van der Waals surface area contributed by atoms with Gasteiger partial charge in [-0.3, -0.25) is 5.10 Å². The number of benzene rings is 1. The largest absolute Gasteiger partial charge is 0.370 e. The van der Waals surface area contributed by atoms with Gasteiger partial charge in [-0.2, -0.15) is 5.10 Å². The summed E-state index contributed by atoms with van der Waals surface area (Å²) in [5, 5.41) is 8.87. The van der Waals surface area contributed by atoms with Gasteiger partial charge >= 0.3 is 0 Å². The molecule has 34 heavy (non-hydrogen) atoms. The van der Waals surface area contributed by atoms with Gasteiger partial charge in [-0.25, -0.2) is 9.97 Å². The number of rotatable bonds is 5. The van der Waals surface area contributed by atoms with Crippen LogP contribution in [-0.4, -0.2) is 47.7 Å². The molecule has 7 heteroatoms. The summed E-state index contributed by atoms with van der Waals surface area (Å²) in [5.74, 6) is 1.78. The van der Waals surface area contributed by atoms with Gasteiger partial charge in [0.15, 0.2) is 5.82 Å². The van der Waals surface area contributed by atoms with Crippen molar-refractivity contribution < 1.29 is 0 Å². The third kappa shape index (κ3) is 4.06. The van der Waals surface area contributed by atoms with Gasteiger partial charge in [0.1, 0.15) is 17.2 Å². The Morgan fingerprint density at radius 3 is 2.56 bits per heavy atom. The Morgan fingerprint density at radius 2 is 1.85 bits per heavy atom. The first-order valence-corrected chi connectivity index (χ1v) is 12.1. The zero-order chi connectivity index (χ0) is 23.8. The molecular formula is C27H33N7. The fraction of sp³-hybridized carbons (Fsp3) is 0.370. The quantitative estimate of drug-likeness (QED) is 0.375. The van der Waals surface area contributed by atoms with Crippen molar-refractivity contribution in [1.29, 1.82) is 0 Å². The van der Waals surface area contributed by atoms with Crippen LogP contribution in [0.25, 0.3) is 39.4 Å². The first-order valence-electron chi connectivity index (χ1n) is 12.1. The standard InChI is InChI=1S/C27H33N7/c1-17(2)9-12-23(34-13-7-6-8-14-34)25-18(3)29-27(30-25)26-21-15-20(10-11-22(21)31-32-26)24-16-28-19(4)33(24)5/h9-12,15-16H,6-8,13-14H2,1-5H3,(H,29,30)(H,31,32)/b23-12+. The molecule has 1 saturated heterocycles. The highest BCUT2D eigenvalue weighted by Crippen LogP contribution is 2.32. The van der Waals surface area contributed by atoms with Crippen molar-refractivity contribution in [3.05, 3.63) is 59.3 Å². The average molecular weight is 456 g/mol. The van der Waals surface area contributed by atoms with Crippen molar-refractivity contribution in [2.75, 3.05) is 13.1 Å². The molecular weight excluding hydrogens is 422 g/mol. The van der Waals surface area contributed by atoms with Crippen LogP contribution in [0.15, 0.2) is 42.1 Å². The highest BCUT2D eigenvalue weighted by Gasteiger charge is 2.21. The summed E-state index contributed by atoms with van der Waals surface area (Å²) in [6, 6.07) is 6.36. The van der Waals surface area contributed by atoms with E-state index in [0.29, 0.717) is 0 Å². The smallest absolute Gasteiger partial charge is 0.159 e. The monoisotopic (exact) mass is 455 g/mol. The number of aromatic nitrogens is 6. The first kappa shape index (κ1) is 22.2. The van der Waals surface area contributed by atoms with Gasteiger partial charge in [-0.05, 0) is 65.2 Å². The Hall–Kier alpha value is -3.61. The van der Waals surface area contributed by atoms with E-state index in [9.17, 15) is 0 Å². The summed E-state index contributed by atoms with van der Waals surface area (Å²) in [6.45, 7) is 10.5. The summed E-state index contributed by atoms with van der Waals surface area (Å²) < 4.78 is 2.11. The molecule has 4 heterocycles. The lowest BCUT2D eigenvalue weighted by molar-refractivity contribution is 0.325. The van der Waals surface area contributed by atoms with E-state index in [0.717, 1.165) is 64.0 Å². The molecule has 7 nitrogen and oxygen atoms in total. The maximum atomic E-state index is 5.09. The van der Waals surface area contributed by atoms with Gasteiger partial charge in [0.2, 0.25) is 0 Å². The van der Waals surface area contributed by atoms with E-state index in [1.54, 1.807) is 0 Å². The Morgan fingerprint density at radius 1 is 1.06 bits per heavy atom. The number of H-pyrrole nitrogens is 2. The number of fused-ring (bicyclic) bond motifs is 1. The van der Waals surface area contributed by atoms with Crippen LogP contribution in [0.1, 0.15) is 50.3 Å². The summed E-state index contributed by atoms with van der Waals surface area (Å²) in [6.07, 6.45) is 10.1. The predicted molar refractivity (Wildman–Crippen MR) is 138 cm³/mol. The molecule has 1 aliphatic rings. The van der Waals surface area contributed by atoms with Gasteiger partial charge in [-0.15, -0.1) is 0 Å². The van der Waals surface area contributed by atoms with E-state index < -0.39 is 0 Å². The van der Waals surface area contributed by atoms with E-state index in [1.165, 1.54) is 30.5 Å². The molecule has 0 saturated carbocycles. The zero-order valence-electron chi connectivity index (χ0n) is 20.7. The molecule has 0 spiro atoms. The Labute approximate surface area is 200 Å². The highest BCUT2D eigenvalue weighted by atomic mass is 15.2. The maximum absolute atomic E-state index is 5.09. The number of allylic oxidation sites excluding steroid dienone is 3. The molecule has 5 rings (SSSR count). The predicted octanol–water partition coefficient (Wildman–Crippen LogP) is 5.76. The van der Waals surface area contributed by atoms with Crippen molar-refractivity contribution in [3.63, 3.8) is 0 Å². The van der Waals surface area contributed by atoms with Crippen LogP contribution in [0.3, 0.4) is 0 Å². The number of nitrogens with zero attached hydrogens (tertiary/aromatic N) is 5. The molecule has 176 valence electrons. The lowest BCUT2D eigenvalue weighted by Gasteiger charge is -2.30. The SMILES string of the molecule is CC(C)=C/C=C(\c1nc(-c2n[nH]c3ccc(-c4cnc(C)n4C)cc23)[nH]c1C)N1CCCCC1. The van der Waals surface area contributed by atoms with E-state index in [1.807, 2.05) is 20.2 Å². The van der Waals surface area contributed by atoms with Crippen molar-refractivity contribution in [1.82, 2.24) is 34.6 Å². The minimum atomic E-state index is 0.789. The molecule has 3 aromatic heterocycles. The number of nitrogens with one attached hydrogen (secondary N) is 2. The third-order valence-electron chi connectivity index (χ3n) is 6.70. The van der Waals surface area contributed by atoms with E-state index >= 15 is 0 Å². The van der Waals surface area contributed by atoms with Crippen LogP contribution in [0, 0.1) is 13.8 Å².